The van der Waals surface area contributed by atoms with Crippen LogP contribution in [0.4, 0.5) is 0 Å². The van der Waals surface area contributed by atoms with Crippen molar-refractivity contribution in [3.63, 3.8) is 0 Å². The Morgan fingerprint density at radius 2 is 2.20 bits per heavy atom. The second-order valence-electron chi connectivity index (χ2n) is 5.23. The first-order valence-electron chi connectivity index (χ1n) is 7.03. The van der Waals surface area contributed by atoms with Crippen LogP contribution in [0.25, 0.3) is 0 Å². The predicted molar refractivity (Wildman–Crippen MR) is 75.8 cm³/mol. The van der Waals surface area contributed by atoms with Crippen molar-refractivity contribution in [3.8, 4) is 6.07 Å². The molecule has 0 saturated heterocycles. The standard InChI is InChI=1S/C16H20N2O2/c1-20-16(19)12-18(15-7-2-3-8-15)11-14-6-4-5-13(9-14)10-17/h4-6,9,15H,2-3,7-8,11-12H2,1H3. The number of nitriles is 1. The van der Waals surface area contributed by atoms with E-state index in [0.717, 1.165) is 18.4 Å². The highest BCUT2D eigenvalue weighted by Gasteiger charge is 2.24. The van der Waals surface area contributed by atoms with Crippen LogP contribution in [0, 0.1) is 11.3 Å². The van der Waals surface area contributed by atoms with Gasteiger partial charge in [0.25, 0.3) is 0 Å². The maximum absolute atomic E-state index is 11.6. The SMILES string of the molecule is COC(=O)CN(Cc1cccc(C#N)c1)C1CCCC1. The van der Waals surface area contributed by atoms with Gasteiger partial charge in [-0.25, -0.2) is 0 Å². The monoisotopic (exact) mass is 272 g/mol. The number of hydrogen-bond donors (Lipinski definition) is 0. The smallest absolute Gasteiger partial charge is 0.319 e. The Kier molecular flexibility index (Phi) is 5.14. The first-order chi connectivity index (χ1) is 9.72. The molecule has 0 heterocycles. The summed E-state index contributed by atoms with van der Waals surface area (Å²) < 4.78 is 4.79. The van der Waals surface area contributed by atoms with Gasteiger partial charge < -0.3 is 4.74 Å². The highest BCUT2D eigenvalue weighted by atomic mass is 16.5. The first-order valence-corrected chi connectivity index (χ1v) is 7.03. The molecular weight excluding hydrogens is 252 g/mol. The van der Waals surface area contributed by atoms with Crippen LogP contribution in [0.15, 0.2) is 24.3 Å². The molecule has 0 N–H and O–H groups in total. The molecule has 0 unspecified atom stereocenters. The topological polar surface area (TPSA) is 53.3 Å². The van der Waals surface area contributed by atoms with E-state index < -0.39 is 0 Å². The van der Waals surface area contributed by atoms with Gasteiger partial charge in [-0.05, 0) is 30.5 Å². The van der Waals surface area contributed by atoms with Crippen molar-refractivity contribution in [3.05, 3.63) is 35.4 Å². The Bertz CT molecular complexity index is 501. The first kappa shape index (κ1) is 14.5. The van der Waals surface area contributed by atoms with Gasteiger partial charge in [0.2, 0.25) is 0 Å². The lowest BCUT2D eigenvalue weighted by atomic mass is 10.1. The van der Waals surface area contributed by atoms with Gasteiger partial charge in [0.05, 0.1) is 25.3 Å². The summed E-state index contributed by atoms with van der Waals surface area (Å²) in [6, 6.07) is 10.2. The normalized spacial score (nSPS) is 15.2. The molecule has 1 saturated carbocycles. The summed E-state index contributed by atoms with van der Waals surface area (Å²) in [6.07, 6.45) is 4.71. The van der Waals surface area contributed by atoms with Crippen LogP contribution in [0.5, 0.6) is 0 Å². The summed E-state index contributed by atoms with van der Waals surface area (Å²) in [5.74, 6) is -0.201. The second-order valence-corrected chi connectivity index (χ2v) is 5.23. The third-order valence-corrected chi connectivity index (χ3v) is 3.84. The summed E-state index contributed by atoms with van der Waals surface area (Å²) in [5.41, 5.74) is 1.73. The molecule has 1 aliphatic carbocycles. The van der Waals surface area contributed by atoms with Gasteiger partial charge in [-0.1, -0.05) is 25.0 Å². The van der Waals surface area contributed by atoms with Crippen molar-refractivity contribution in [2.24, 2.45) is 0 Å². The second kappa shape index (κ2) is 7.06. The molecule has 106 valence electrons. The minimum Gasteiger partial charge on any atom is -0.468 e. The summed E-state index contributed by atoms with van der Waals surface area (Å²) in [4.78, 5) is 13.8. The minimum absolute atomic E-state index is 0.201. The van der Waals surface area contributed by atoms with Crippen molar-refractivity contribution >= 4 is 5.97 Å². The molecule has 2 rings (SSSR count). The van der Waals surface area contributed by atoms with Gasteiger partial charge in [0.15, 0.2) is 0 Å². The molecule has 1 aliphatic rings. The molecule has 0 radical (unpaired) electrons. The van der Waals surface area contributed by atoms with E-state index in [4.69, 9.17) is 10.00 Å². The molecule has 1 fully saturated rings. The molecule has 0 amide bonds. The van der Waals surface area contributed by atoms with Gasteiger partial charge in [-0.2, -0.15) is 5.26 Å². The maximum Gasteiger partial charge on any atom is 0.319 e. The highest BCUT2D eigenvalue weighted by molar-refractivity contribution is 5.71. The van der Waals surface area contributed by atoms with E-state index in [1.807, 2.05) is 18.2 Å². The fourth-order valence-corrected chi connectivity index (χ4v) is 2.79. The van der Waals surface area contributed by atoms with Crippen LogP contribution in [0.3, 0.4) is 0 Å². The Balaban J connectivity index is 2.09. The van der Waals surface area contributed by atoms with E-state index in [1.165, 1.54) is 20.0 Å². The van der Waals surface area contributed by atoms with Gasteiger partial charge in [-0.3, -0.25) is 9.69 Å². The zero-order chi connectivity index (χ0) is 14.4. The van der Waals surface area contributed by atoms with E-state index in [2.05, 4.69) is 11.0 Å². The molecule has 0 spiro atoms. The molecule has 0 aromatic heterocycles. The Hall–Kier alpha value is -1.86. The number of rotatable bonds is 5. The number of carbonyl (C=O) groups is 1. The number of nitrogens with zero attached hydrogens (tertiary/aromatic N) is 2. The number of methoxy groups -OCH3 is 1. The average Bonchev–Trinajstić information content (AvgIpc) is 3.00. The number of carbonyl (C=O) groups excluding carboxylic acids is 1. The lowest BCUT2D eigenvalue weighted by molar-refractivity contribution is -0.142. The largest absolute Gasteiger partial charge is 0.468 e. The molecule has 1 aromatic carbocycles. The number of esters is 1. The Morgan fingerprint density at radius 1 is 1.45 bits per heavy atom. The number of benzene rings is 1. The molecule has 0 aliphatic heterocycles. The molecule has 1 aromatic rings. The number of hydrogen-bond acceptors (Lipinski definition) is 4. The van der Waals surface area contributed by atoms with E-state index in [9.17, 15) is 4.79 Å². The van der Waals surface area contributed by atoms with Crippen molar-refractivity contribution in [2.45, 2.75) is 38.3 Å². The summed E-state index contributed by atoms with van der Waals surface area (Å²) in [5, 5.41) is 8.95. The highest BCUT2D eigenvalue weighted by Crippen LogP contribution is 2.25. The molecule has 0 bridgehead atoms. The van der Waals surface area contributed by atoms with Gasteiger partial charge in [0.1, 0.15) is 0 Å². The average molecular weight is 272 g/mol. The quantitative estimate of drug-likeness (QED) is 0.773. The van der Waals surface area contributed by atoms with Crippen molar-refractivity contribution in [1.29, 1.82) is 5.26 Å². The third-order valence-electron chi connectivity index (χ3n) is 3.84. The lowest BCUT2D eigenvalue weighted by Gasteiger charge is -2.27. The van der Waals surface area contributed by atoms with E-state index >= 15 is 0 Å². The zero-order valence-corrected chi connectivity index (χ0v) is 11.8. The van der Waals surface area contributed by atoms with Gasteiger partial charge in [0, 0.05) is 12.6 Å². The van der Waals surface area contributed by atoms with Gasteiger partial charge in [-0.15, -0.1) is 0 Å². The third kappa shape index (κ3) is 3.82. The van der Waals surface area contributed by atoms with E-state index in [-0.39, 0.29) is 5.97 Å². The van der Waals surface area contributed by atoms with Crippen molar-refractivity contribution in [1.82, 2.24) is 4.90 Å². The lowest BCUT2D eigenvalue weighted by Crippen LogP contribution is -2.37. The molecular formula is C16H20N2O2. The van der Waals surface area contributed by atoms with E-state index in [1.54, 1.807) is 6.07 Å². The van der Waals surface area contributed by atoms with Gasteiger partial charge >= 0.3 is 5.97 Å². The van der Waals surface area contributed by atoms with Crippen LogP contribution in [-0.2, 0) is 16.1 Å². The molecule has 0 atom stereocenters. The fraction of sp³-hybridized carbons (Fsp3) is 0.500. The van der Waals surface area contributed by atoms with Crippen LogP contribution >= 0.6 is 0 Å². The molecule has 4 nitrogen and oxygen atoms in total. The summed E-state index contributed by atoms with van der Waals surface area (Å²) >= 11 is 0. The van der Waals surface area contributed by atoms with Crippen molar-refractivity contribution in [2.75, 3.05) is 13.7 Å². The van der Waals surface area contributed by atoms with Crippen molar-refractivity contribution < 1.29 is 9.53 Å². The van der Waals surface area contributed by atoms with E-state index in [0.29, 0.717) is 24.7 Å². The van der Waals surface area contributed by atoms with Crippen LogP contribution in [-0.4, -0.2) is 30.6 Å². The summed E-state index contributed by atoms with van der Waals surface area (Å²) in [7, 11) is 1.42. The maximum atomic E-state index is 11.6. The summed E-state index contributed by atoms with van der Waals surface area (Å²) in [6.45, 7) is 1.01. The minimum atomic E-state index is -0.201. The zero-order valence-electron chi connectivity index (χ0n) is 11.8. The van der Waals surface area contributed by atoms with Crippen LogP contribution < -0.4 is 0 Å². The Labute approximate surface area is 120 Å². The fourth-order valence-electron chi connectivity index (χ4n) is 2.79. The van der Waals surface area contributed by atoms with Crippen LogP contribution in [0.2, 0.25) is 0 Å². The molecule has 4 heteroatoms. The number of ether oxygens (including phenoxy) is 1. The van der Waals surface area contributed by atoms with Crippen LogP contribution in [0.1, 0.15) is 36.8 Å². The molecule has 20 heavy (non-hydrogen) atoms. The predicted octanol–water partition coefficient (Wildman–Crippen LogP) is 2.48. The Morgan fingerprint density at radius 3 is 2.85 bits per heavy atom.